The molecule has 0 fully saturated rings. The molecule has 0 saturated carbocycles. The van der Waals surface area contributed by atoms with E-state index in [4.69, 9.17) is 37.4 Å². The number of nitrogens with zero attached hydrogens (tertiary/aromatic N) is 2. The molecule has 5 rings (SSSR count). The van der Waals surface area contributed by atoms with Crippen molar-refractivity contribution in [2.24, 2.45) is 4.99 Å². The first-order valence-electron chi connectivity index (χ1n) is 13.6. The molecular formula is C32H26Cl2I2N2O5S. The maximum atomic E-state index is 14.1. The summed E-state index contributed by atoms with van der Waals surface area (Å²) >= 11 is 18.2. The minimum Gasteiger partial charge on any atom is -0.494 e. The number of esters is 1. The number of allylic oxidation sites excluding steroid dienone is 1. The molecule has 0 radical (unpaired) electrons. The van der Waals surface area contributed by atoms with Crippen molar-refractivity contribution in [2.75, 3.05) is 13.2 Å². The monoisotopic (exact) mass is 874 g/mol. The van der Waals surface area contributed by atoms with Crippen LogP contribution in [0.3, 0.4) is 0 Å². The number of hydrogen-bond donors (Lipinski definition) is 0. The predicted octanol–water partition coefficient (Wildman–Crippen LogP) is 7.29. The predicted molar refractivity (Wildman–Crippen MR) is 191 cm³/mol. The number of rotatable bonds is 9. The largest absolute Gasteiger partial charge is 0.494 e. The van der Waals surface area contributed by atoms with Crippen LogP contribution in [0, 0.1) is 7.14 Å². The van der Waals surface area contributed by atoms with Crippen LogP contribution in [0.15, 0.2) is 75.7 Å². The van der Waals surface area contributed by atoms with E-state index in [9.17, 15) is 9.59 Å². The second-order valence-electron chi connectivity index (χ2n) is 9.63. The quantitative estimate of drug-likeness (QED) is 0.131. The fraction of sp³-hybridized carbons (Fsp3) is 0.219. The number of halogens is 4. The van der Waals surface area contributed by atoms with Gasteiger partial charge in [-0.25, -0.2) is 9.79 Å². The Balaban J connectivity index is 1.63. The summed E-state index contributed by atoms with van der Waals surface area (Å²) in [7, 11) is 0. The lowest BCUT2D eigenvalue weighted by Crippen LogP contribution is -2.39. The van der Waals surface area contributed by atoms with Crippen LogP contribution in [0.4, 0.5) is 0 Å². The fourth-order valence-electron chi connectivity index (χ4n) is 4.79. The molecule has 1 atom stereocenters. The highest BCUT2D eigenvalue weighted by molar-refractivity contribution is 14.1. The first-order chi connectivity index (χ1) is 21.1. The van der Waals surface area contributed by atoms with Crippen molar-refractivity contribution in [2.45, 2.75) is 33.4 Å². The van der Waals surface area contributed by atoms with Crippen LogP contribution in [0.5, 0.6) is 11.5 Å². The zero-order chi connectivity index (χ0) is 31.5. The standard InChI is InChI=1S/C32H26Cl2I2N2O5S/c1-4-41-23-10-7-18(8-11-23)28-27(31(40)42-5-2)17(3)37-32-38(28)30(39)26(44-32)13-20-12-22(35)15-25(36)29(20)43-16-19-6-9-21(33)14-24(19)34/h6-15,28H,4-5,16H2,1-3H3/b26-13-/t28-/m0/s1. The third kappa shape index (κ3) is 7.04. The first-order valence-corrected chi connectivity index (χ1v) is 17.3. The Kier molecular flexibility index (Phi) is 10.8. The van der Waals surface area contributed by atoms with Crippen LogP contribution in [-0.2, 0) is 16.1 Å². The van der Waals surface area contributed by atoms with Gasteiger partial charge in [-0.1, -0.05) is 52.7 Å². The van der Waals surface area contributed by atoms with Gasteiger partial charge in [-0.15, -0.1) is 0 Å². The van der Waals surface area contributed by atoms with E-state index in [1.165, 1.54) is 11.3 Å². The molecule has 1 aliphatic rings. The van der Waals surface area contributed by atoms with E-state index in [1.807, 2.05) is 55.5 Å². The van der Waals surface area contributed by atoms with Crippen molar-refractivity contribution in [3.63, 3.8) is 0 Å². The molecular weight excluding hydrogens is 849 g/mol. The van der Waals surface area contributed by atoms with Crippen molar-refractivity contribution in [3.05, 3.63) is 119 Å². The van der Waals surface area contributed by atoms with E-state index >= 15 is 0 Å². The van der Waals surface area contributed by atoms with Crippen LogP contribution >= 0.6 is 79.7 Å². The van der Waals surface area contributed by atoms with Gasteiger partial charge in [0.1, 0.15) is 18.1 Å². The molecule has 228 valence electrons. The molecule has 0 bridgehead atoms. The van der Waals surface area contributed by atoms with Gasteiger partial charge in [0.15, 0.2) is 4.80 Å². The van der Waals surface area contributed by atoms with Gasteiger partial charge in [0, 0.05) is 24.7 Å². The number of hydrogen-bond acceptors (Lipinski definition) is 7. The molecule has 2 heterocycles. The van der Waals surface area contributed by atoms with E-state index in [1.54, 1.807) is 30.5 Å². The van der Waals surface area contributed by atoms with Crippen molar-refractivity contribution < 1.29 is 19.0 Å². The molecule has 12 heteroatoms. The summed E-state index contributed by atoms with van der Waals surface area (Å²) in [6.45, 7) is 6.37. The molecule has 1 aromatic heterocycles. The maximum Gasteiger partial charge on any atom is 0.338 e. The number of ether oxygens (including phenoxy) is 3. The zero-order valence-electron chi connectivity index (χ0n) is 23.8. The molecule has 0 spiro atoms. The summed E-state index contributed by atoms with van der Waals surface area (Å²) in [5, 5.41) is 1.05. The molecule has 1 aliphatic heterocycles. The zero-order valence-corrected chi connectivity index (χ0v) is 30.5. The van der Waals surface area contributed by atoms with Crippen molar-refractivity contribution in [1.82, 2.24) is 4.57 Å². The number of fused-ring (bicyclic) bond motifs is 1. The molecule has 0 saturated heterocycles. The minimum atomic E-state index is -0.720. The second kappa shape index (κ2) is 14.4. The molecule has 44 heavy (non-hydrogen) atoms. The molecule has 0 unspecified atom stereocenters. The Morgan fingerprint density at radius 2 is 1.80 bits per heavy atom. The van der Waals surface area contributed by atoms with Gasteiger partial charge in [0.25, 0.3) is 5.56 Å². The third-order valence-corrected chi connectivity index (χ3v) is 9.73. The molecule has 7 nitrogen and oxygen atoms in total. The van der Waals surface area contributed by atoms with E-state index in [-0.39, 0.29) is 18.8 Å². The highest BCUT2D eigenvalue weighted by Crippen LogP contribution is 2.33. The second-order valence-corrected chi connectivity index (χ2v) is 13.9. The highest BCUT2D eigenvalue weighted by Gasteiger charge is 2.33. The van der Waals surface area contributed by atoms with E-state index in [0.29, 0.717) is 48.8 Å². The van der Waals surface area contributed by atoms with Gasteiger partial charge in [-0.05, 0) is 114 Å². The highest BCUT2D eigenvalue weighted by atomic mass is 127. The summed E-state index contributed by atoms with van der Waals surface area (Å²) in [6.07, 6.45) is 1.81. The van der Waals surface area contributed by atoms with Gasteiger partial charge in [-0.3, -0.25) is 9.36 Å². The Hall–Kier alpha value is -2.39. The summed E-state index contributed by atoms with van der Waals surface area (Å²) in [4.78, 5) is 32.5. The minimum absolute atomic E-state index is 0.200. The van der Waals surface area contributed by atoms with Crippen LogP contribution in [0.2, 0.25) is 10.0 Å². The molecule has 3 aromatic carbocycles. The normalized spacial score (nSPS) is 14.7. The third-order valence-electron chi connectivity index (χ3n) is 6.73. The molecule has 0 amide bonds. The fourth-order valence-corrected chi connectivity index (χ4v) is 8.34. The maximum absolute atomic E-state index is 14.1. The lowest BCUT2D eigenvalue weighted by molar-refractivity contribution is -0.139. The van der Waals surface area contributed by atoms with E-state index in [2.05, 4.69) is 50.2 Å². The Bertz CT molecular complexity index is 1950. The summed E-state index contributed by atoms with van der Waals surface area (Å²) in [5.41, 5.74) is 2.81. The number of benzene rings is 3. The molecule has 0 aliphatic carbocycles. The Morgan fingerprint density at radius 1 is 1.05 bits per heavy atom. The van der Waals surface area contributed by atoms with Crippen LogP contribution < -0.4 is 24.4 Å². The number of carbonyl (C=O) groups excluding carboxylic acids is 1. The summed E-state index contributed by atoms with van der Waals surface area (Å²) in [6, 6.07) is 15.9. The average molecular weight is 875 g/mol. The van der Waals surface area contributed by atoms with Gasteiger partial charge in [0.05, 0.1) is 38.6 Å². The van der Waals surface area contributed by atoms with Gasteiger partial charge in [-0.2, -0.15) is 0 Å². The Labute approximate surface area is 295 Å². The van der Waals surface area contributed by atoms with Gasteiger partial charge < -0.3 is 14.2 Å². The lowest BCUT2D eigenvalue weighted by atomic mass is 9.96. The first kappa shape index (κ1) is 33.0. The van der Waals surface area contributed by atoms with E-state index < -0.39 is 12.0 Å². The van der Waals surface area contributed by atoms with Crippen LogP contribution in [0.1, 0.15) is 43.5 Å². The molecule has 0 N–H and O–H groups in total. The van der Waals surface area contributed by atoms with Gasteiger partial charge in [0.2, 0.25) is 0 Å². The smallest absolute Gasteiger partial charge is 0.338 e. The lowest BCUT2D eigenvalue weighted by Gasteiger charge is -2.24. The van der Waals surface area contributed by atoms with Crippen molar-refractivity contribution in [3.8, 4) is 11.5 Å². The summed E-state index contributed by atoms with van der Waals surface area (Å²) in [5.74, 6) is 0.808. The van der Waals surface area contributed by atoms with E-state index in [0.717, 1.165) is 23.8 Å². The molecule has 4 aromatic rings. The number of carbonyl (C=O) groups is 1. The van der Waals surface area contributed by atoms with Gasteiger partial charge >= 0.3 is 5.97 Å². The van der Waals surface area contributed by atoms with Crippen molar-refractivity contribution in [1.29, 1.82) is 0 Å². The number of aromatic nitrogens is 1. The van der Waals surface area contributed by atoms with Crippen LogP contribution in [-0.4, -0.2) is 23.8 Å². The SMILES string of the molecule is CCOC(=O)C1=C(C)N=c2s/c(=C\c3cc(I)cc(I)c3OCc3ccc(Cl)cc3Cl)c(=O)n2[C@H]1c1ccc(OCC)cc1. The van der Waals surface area contributed by atoms with Crippen LogP contribution in [0.25, 0.3) is 6.08 Å². The summed E-state index contributed by atoms with van der Waals surface area (Å²) < 4.78 is 21.2. The topological polar surface area (TPSA) is 79.1 Å². The number of thiazole rings is 1. The Morgan fingerprint density at radius 3 is 2.48 bits per heavy atom. The average Bonchev–Trinajstić information content (AvgIpc) is 3.27. The van der Waals surface area contributed by atoms with Crippen molar-refractivity contribution >= 4 is 91.8 Å².